The monoisotopic (exact) mass is 445 g/mol. The summed E-state index contributed by atoms with van der Waals surface area (Å²) in [4.78, 5) is 14.2. The standard InChI is InChI=1S/C29H39N3O/c1-2-21-13-9-10-18-24(21)29(31-25-19-11-12-20-26(25)32-29)27(22-14-5-3-6-15-22)28(33)30-23-16-7-4-8-17-23/h9-13,18-20,22-23,27,31-32H,2-8,14-17H2,1H3,(H,30,33). The summed E-state index contributed by atoms with van der Waals surface area (Å²) in [6.07, 6.45) is 12.9. The van der Waals surface area contributed by atoms with E-state index in [2.05, 4.69) is 71.4 Å². The van der Waals surface area contributed by atoms with Crippen molar-refractivity contribution in [3.8, 4) is 0 Å². The molecule has 2 aromatic carbocycles. The quantitative estimate of drug-likeness (QED) is 0.470. The lowest BCUT2D eigenvalue weighted by molar-refractivity contribution is -0.130. The Morgan fingerprint density at radius 2 is 1.45 bits per heavy atom. The molecule has 176 valence electrons. The first-order chi connectivity index (χ1) is 16.2. The molecule has 0 saturated heterocycles. The topological polar surface area (TPSA) is 53.2 Å². The van der Waals surface area contributed by atoms with Gasteiger partial charge in [0.25, 0.3) is 0 Å². The van der Waals surface area contributed by atoms with E-state index in [-0.39, 0.29) is 11.8 Å². The molecule has 33 heavy (non-hydrogen) atoms. The molecule has 4 nitrogen and oxygen atoms in total. The summed E-state index contributed by atoms with van der Waals surface area (Å²) in [6.45, 7) is 2.21. The van der Waals surface area contributed by atoms with Crippen molar-refractivity contribution in [3.63, 3.8) is 0 Å². The van der Waals surface area contributed by atoms with Crippen LogP contribution in [0.5, 0.6) is 0 Å². The van der Waals surface area contributed by atoms with Gasteiger partial charge in [-0.25, -0.2) is 0 Å². The van der Waals surface area contributed by atoms with E-state index in [1.165, 1.54) is 49.7 Å². The van der Waals surface area contributed by atoms with Gasteiger partial charge in [-0.1, -0.05) is 81.8 Å². The number of carbonyl (C=O) groups is 1. The average Bonchev–Trinajstić information content (AvgIpc) is 3.25. The summed E-state index contributed by atoms with van der Waals surface area (Å²) in [5.74, 6) is 0.425. The molecule has 0 spiro atoms. The second-order valence-corrected chi connectivity index (χ2v) is 10.3. The van der Waals surface area contributed by atoms with Gasteiger partial charge in [0.05, 0.1) is 17.3 Å². The Morgan fingerprint density at radius 3 is 2.09 bits per heavy atom. The number of fused-ring (bicyclic) bond motifs is 1. The van der Waals surface area contributed by atoms with Crippen molar-refractivity contribution in [2.45, 2.75) is 89.3 Å². The highest BCUT2D eigenvalue weighted by Gasteiger charge is 2.52. The van der Waals surface area contributed by atoms with E-state index in [0.29, 0.717) is 12.0 Å². The molecule has 2 aliphatic carbocycles. The highest BCUT2D eigenvalue weighted by atomic mass is 16.2. The Bertz CT molecular complexity index is 934. The van der Waals surface area contributed by atoms with E-state index in [4.69, 9.17) is 0 Å². The normalized spacial score (nSPS) is 21.5. The van der Waals surface area contributed by atoms with Gasteiger partial charge < -0.3 is 16.0 Å². The zero-order chi connectivity index (χ0) is 22.7. The average molecular weight is 446 g/mol. The van der Waals surface area contributed by atoms with Gasteiger partial charge in [-0.15, -0.1) is 0 Å². The summed E-state index contributed by atoms with van der Waals surface area (Å²) in [6, 6.07) is 17.4. The maximum absolute atomic E-state index is 14.2. The van der Waals surface area contributed by atoms with Gasteiger partial charge in [0.2, 0.25) is 5.91 Å². The molecule has 5 rings (SSSR count). The molecule has 3 N–H and O–H groups in total. The van der Waals surface area contributed by atoms with Crippen LogP contribution >= 0.6 is 0 Å². The number of amides is 1. The number of hydrogen-bond acceptors (Lipinski definition) is 3. The second kappa shape index (κ2) is 9.79. The zero-order valence-electron chi connectivity index (χ0n) is 20.0. The van der Waals surface area contributed by atoms with Crippen LogP contribution in [0.25, 0.3) is 0 Å². The van der Waals surface area contributed by atoms with Crippen LogP contribution in [0.15, 0.2) is 48.5 Å². The Labute approximate surface area is 198 Å². The van der Waals surface area contributed by atoms with Crippen LogP contribution in [0.1, 0.15) is 82.3 Å². The van der Waals surface area contributed by atoms with Gasteiger partial charge in [-0.05, 0) is 55.7 Å². The van der Waals surface area contributed by atoms with Gasteiger partial charge in [0.15, 0.2) is 0 Å². The van der Waals surface area contributed by atoms with Crippen LogP contribution in [0, 0.1) is 11.8 Å². The fraction of sp³-hybridized carbons (Fsp3) is 0.552. The summed E-state index contributed by atoms with van der Waals surface area (Å²) < 4.78 is 0. The number of benzene rings is 2. The lowest BCUT2D eigenvalue weighted by atomic mass is 9.70. The van der Waals surface area contributed by atoms with Gasteiger partial charge in [-0.2, -0.15) is 0 Å². The lowest BCUT2D eigenvalue weighted by Gasteiger charge is -2.44. The molecule has 0 bridgehead atoms. The summed E-state index contributed by atoms with van der Waals surface area (Å²) in [5, 5.41) is 11.3. The minimum absolute atomic E-state index is 0.167. The fourth-order valence-corrected chi connectivity index (χ4v) is 6.60. The fourth-order valence-electron chi connectivity index (χ4n) is 6.60. The maximum Gasteiger partial charge on any atom is 0.228 e. The molecule has 0 radical (unpaired) electrons. The third-order valence-electron chi connectivity index (χ3n) is 8.24. The van der Waals surface area contributed by atoms with E-state index >= 15 is 0 Å². The molecule has 2 fully saturated rings. The third kappa shape index (κ3) is 4.37. The summed E-state index contributed by atoms with van der Waals surface area (Å²) in [7, 11) is 0. The highest BCUT2D eigenvalue weighted by molar-refractivity contribution is 5.86. The van der Waals surface area contributed by atoms with Crippen LogP contribution in [-0.2, 0) is 16.9 Å². The number of aryl methyl sites for hydroxylation is 1. The van der Waals surface area contributed by atoms with Gasteiger partial charge in [-0.3, -0.25) is 4.79 Å². The molecule has 1 atom stereocenters. The van der Waals surface area contributed by atoms with E-state index in [9.17, 15) is 4.79 Å². The highest BCUT2D eigenvalue weighted by Crippen LogP contribution is 2.49. The molecule has 1 unspecified atom stereocenters. The van der Waals surface area contributed by atoms with Crippen LogP contribution in [-0.4, -0.2) is 11.9 Å². The Morgan fingerprint density at radius 1 is 0.879 bits per heavy atom. The molecular formula is C29H39N3O. The molecule has 4 heteroatoms. The summed E-state index contributed by atoms with van der Waals surface area (Å²) >= 11 is 0. The van der Waals surface area contributed by atoms with Crippen molar-refractivity contribution in [1.82, 2.24) is 5.32 Å². The molecular weight excluding hydrogens is 406 g/mol. The predicted molar refractivity (Wildman–Crippen MR) is 136 cm³/mol. The molecule has 2 saturated carbocycles. The number of anilines is 2. The molecule has 1 heterocycles. The van der Waals surface area contributed by atoms with E-state index in [1.807, 2.05) is 0 Å². The van der Waals surface area contributed by atoms with Crippen LogP contribution in [0.4, 0.5) is 11.4 Å². The lowest BCUT2D eigenvalue weighted by Crippen LogP contribution is -2.57. The van der Waals surface area contributed by atoms with Crippen molar-refractivity contribution in [3.05, 3.63) is 59.7 Å². The SMILES string of the molecule is CCc1ccccc1C1(C(C(=O)NC2CCCCC2)C2CCCCC2)Nc2ccccc2N1. The number of para-hydroxylation sites is 2. The Hall–Kier alpha value is -2.49. The van der Waals surface area contributed by atoms with Crippen LogP contribution in [0.3, 0.4) is 0 Å². The number of hydrogen-bond donors (Lipinski definition) is 3. The van der Waals surface area contributed by atoms with Crippen molar-refractivity contribution < 1.29 is 4.79 Å². The smallest absolute Gasteiger partial charge is 0.228 e. The van der Waals surface area contributed by atoms with Gasteiger partial charge in [0.1, 0.15) is 5.66 Å². The molecule has 1 aliphatic heterocycles. The van der Waals surface area contributed by atoms with E-state index in [1.54, 1.807) is 0 Å². The second-order valence-electron chi connectivity index (χ2n) is 10.3. The van der Waals surface area contributed by atoms with Gasteiger partial charge >= 0.3 is 0 Å². The number of carbonyl (C=O) groups excluding carboxylic acids is 1. The van der Waals surface area contributed by atoms with E-state index in [0.717, 1.165) is 43.5 Å². The predicted octanol–water partition coefficient (Wildman–Crippen LogP) is 6.58. The minimum Gasteiger partial charge on any atom is -0.357 e. The van der Waals surface area contributed by atoms with Crippen molar-refractivity contribution in [2.75, 3.05) is 10.6 Å². The molecule has 1 amide bonds. The van der Waals surface area contributed by atoms with Crippen molar-refractivity contribution in [2.24, 2.45) is 11.8 Å². The number of rotatable bonds is 6. The largest absolute Gasteiger partial charge is 0.357 e. The molecule has 0 aromatic heterocycles. The maximum atomic E-state index is 14.2. The first-order valence-electron chi connectivity index (χ1n) is 13.3. The first-order valence-corrected chi connectivity index (χ1v) is 13.3. The Kier molecular flexibility index (Phi) is 6.62. The van der Waals surface area contributed by atoms with E-state index < -0.39 is 5.66 Å². The van der Waals surface area contributed by atoms with Crippen LogP contribution in [0.2, 0.25) is 0 Å². The third-order valence-corrected chi connectivity index (χ3v) is 8.24. The molecule has 2 aromatic rings. The number of nitrogens with one attached hydrogen (secondary N) is 3. The van der Waals surface area contributed by atoms with Gasteiger partial charge in [0, 0.05) is 11.6 Å². The zero-order valence-corrected chi connectivity index (χ0v) is 20.0. The minimum atomic E-state index is -0.628. The van der Waals surface area contributed by atoms with Crippen molar-refractivity contribution >= 4 is 17.3 Å². The summed E-state index contributed by atoms with van der Waals surface area (Å²) in [5.41, 5.74) is 4.08. The Balaban J connectivity index is 1.59. The van der Waals surface area contributed by atoms with Crippen LogP contribution < -0.4 is 16.0 Å². The van der Waals surface area contributed by atoms with Crippen molar-refractivity contribution in [1.29, 1.82) is 0 Å². The molecule has 3 aliphatic rings. The first kappa shape index (κ1) is 22.3.